The predicted octanol–water partition coefficient (Wildman–Crippen LogP) is 1.63. The highest BCUT2D eigenvalue weighted by atomic mass is 32.1. The number of carbonyl (C=O) groups is 1. The minimum absolute atomic E-state index is 0.0515. The van der Waals surface area contributed by atoms with Gasteiger partial charge in [0.2, 0.25) is 5.91 Å². The molecular weight excluding hydrogens is 170 g/mol. The van der Waals surface area contributed by atoms with E-state index in [1.807, 2.05) is 26.0 Å². The lowest BCUT2D eigenvalue weighted by Gasteiger charge is -2.23. The van der Waals surface area contributed by atoms with Crippen molar-refractivity contribution in [2.24, 2.45) is 5.41 Å². The molecule has 1 unspecified atom stereocenters. The highest BCUT2D eigenvalue weighted by Gasteiger charge is 2.29. The van der Waals surface area contributed by atoms with Gasteiger partial charge in [0.05, 0.1) is 5.41 Å². The van der Waals surface area contributed by atoms with Gasteiger partial charge < -0.3 is 5.32 Å². The molecule has 0 saturated carbocycles. The quantitative estimate of drug-likeness (QED) is 0.508. The average Bonchev–Trinajstić information content (AvgIpc) is 2.12. The molecule has 1 N–H and O–H groups in total. The lowest BCUT2D eigenvalue weighted by atomic mass is 9.88. The summed E-state index contributed by atoms with van der Waals surface area (Å²) in [6, 6.07) is 0. The van der Waals surface area contributed by atoms with E-state index in [1.165, 1.54) is 0 Å². The molecular formula is C9H17NOS. The van der Waals surface area contributed by atoms with E-state index in [2.05, 4.69) is 17.9 Å². The second-order valence-electron chi connectivity index (χ2n) is 3.07. The van der Waals surface area contributed by atoms with Crippen LogP contribution in [0.5, 0.6) is 0 Å². The maximum Gasteiger partial charge on any atom is 0.226 e. The molecule has 0 aliphatic carbocycles. The largest absolute Gasteiger partial charge is 0.359 e. The van der Waals surface area contributed by atoms with Gasteiger partial charge in [0, 0.05) is 12.8 Å². The van der Waals surface area contributed by atoms with E-state index < -0.39 is 0 Å². The third-order valence-electron chi connectivity index (χ3n) is 1.93. The Balaban J connectivity index is 4.33. The van der Waals surface area contributed by atoms with Crippen molar-refractivity contribution in [1.82, 2.24) is 5.32 Å². The molecule has 0 spiro atoms. The zero-order valence-corrected chi connectivity index (χ0v) is 8.82. The van der Waals surface area contributed by atoms with Crippen molar-refractivity contribution in [1.29, 1.82) is 0 Å². The number of hydrogen-bond acceptors (Lipinski definition) is 2. The fraction of sp³-hybridized carbons (Fsp3) is 0.667. The highest BCUT2D eigenvalue weighted by Crippen LogP contribution is 2.23. The van der Waals surface area contributed by atoms with E-state index in [0.29, 0.717) is 5.75 Å². The molecule has 2 nitrogen and oxygen atoms in total. The molecule has 0 aromatic rings. The average molecular weight is 187 g/mol. The molecule has 0 aromatic heterocycles. The summed E-state index contributed by atoms with van der Waals surface area (Å²) in [7, 11) is 1.65. The van der Waals surface area contributed by atoms with Gasteiger partial charge in [-0.1, -0.05) is 12.2 Å². The second kappa shape index (κ2) is 5.25. The molecule has 0 bridgehead atoms. The number of allylic oxidation sites excluding steroid dienone is 2. The van der Waals surface area contributed by atoms with Crippen LogP contribution in [-0.4, -0.2) is 18.7 Å². The Kier molecular flexibility index (Phi) is 5.06. The first kappa shape index (κ1) is 11.6. The van der Waals surface area contributed by atoms with Crippen LogP contribution in [0.25, 0.3) is 0 Å². The van der Waals surface area contributed by atoms with Crippen molar-refractivity contribution in [2.75, 3.05) is 12.8 Å². The fourth-order valence-electron chi connectivity index (χ4n) is 0.909. The van der Waals surface area contributed by atoms with Crippen molar-refractivity contribution in [3.05, 3.63) is 12.2 Å². The first-order valence-corrected chi connectivity index (χ1v) is 4.68. The van der Waals surface area contributed by atoms with Gasteiger partial charge >= 0.3 is 0 Å². The van der Waals surface area contributed by atoms with Crippen LogP contribution in [0.2, 0.25) is 0 Å². The SMILES string of the molecule is C/C=C/CC(C)(CS)C(=O)NC. The standard InChI is InChI=1S/C9H17NOS/c1-4-5-6-9(2,7-12)8(11)10-3/h4-5,12H,6-7H2,1-3H3,(H,10,11)/b5-4+. The van der Waals surface area contributed by atoms with Crippen molar-refractivity contribution < 1.29 is 4.79 Å². The summed E-state index contributed by atoms with van der Waals surface area (Å²) in [6.07, 6.45) is 4.68. The summed E-state index contributed by atoms with van der Waals surface area (Å²) in [5.74, 6) is 0.618. The van der Waals surface area contributed by atoms with Crippen LogP contribution in [0.1, 0.15) is 20.3 Å². The van der Waals surface area contributed by atoms with Crippen molar-refractivity contribution >= 4 is 18.5 Å². The maximum atomic E-state index is 11.4. The Morgan fingerprint density at radius 3 is 2.58 bits per heavy atom. The lowest BCUT2D eigenvalue weighted by molar-refractivity contribution is -0.128. The third-order valence-corrected chi connectivity index (χ3v) is 2.63. The molecule has 0 heterocycles. The van der Waals surface area contributed by atoms with Crippen LogP contribution in [-0.2, 0) is 4.79 Å². The lowest BCUT2D eigenvalue weighted by Crippen LogP contribution is -2.38. The zero-order chi connectivity index (χ0) is 9.61. The van der Waals surface area contributed by atoms with Crippen LogP contribution in [0, 0.1) is 5.41 Å². The molecule has 1 amide bonds. The zero-order valence-electron chi connectivity index (χ0n) is 7.92. The summed E-state index contributed by atoms with van der Waals surface area (Å²) in [5.41, 5.74) is -0.371. The van der Waals surface area contributed by atoms with Gasteiger partial charge in [0.1, 0.15) is 0 Å². The number of hydrogen-bond donors (Lipinski definition) is 2. The van der Waals surface area contributed by atoms with Gasteiger partial charge in [-0.2, -0.15) is 12.6 Å². The Morgan fingerprint density at radius 2 is 2.25 bits per heavy atom. The van der Waals surface area contributed by atoms with Gasteiger partial charge in [0.25, 0.3) is 0 Å². The maximum absolute atomic E-state index is 11.4. The minimum Gasteiger partial charge on any atom is -0.359 e. The topological polar surface area (TPSA) is 29.1 Å². The first-order valence-electron chi connectivity index (χ1n) is 4.05. The van der Waals surface area contributed by atoms with Crippen LogP contribution in [0.15, 0.2) is 12.2 Å². The second-order valence-corrected chi connectivity index (χ2v) is 3.39. The molecule has 12 heavy (non-hydrogen) atoms. The van der Waals surface area contributed by atoms with E-state index in [4.69, 9.17) is 0 Å². The molecule has 1 atom stereocenters. The number of nitrogens with one attached hydrogen (secondary N) is 1. The summed E-state index contributed by atoms with van der Waals surface area (Å²) < 4.78 is 0. The van der Waals surface area contributed by atoms with Crippen LogP contribution in [0.3, 0.4) is 0 Å². The highest BCUT2D eigenvalue weighted by molar-refractivity contribution is 7.80. The molecule has 0 fully saturated rings. The van der Waals surface area contributed by atoms with Crippen molar-refractivity contribution in [3.63, 3.8) is 0 Å². The summed E-state index contributed by atoms with van der Waals surface area (Å²) in [5, 5.41) is 2.64. The van der Waals surface area contributed by atoms with Gasteiger partial charge in [-0.05, 0) is 20.3 Å². The Bertz CT molecular complexity index is 179. The predicted molar refractivity (Wildman–Crippen MR) is 55.5 cm³/mol. The van der Waals surface area contributed by atoms with Crippen LogP contribution < -0.4 is 5.32 Å². The summed E-state index contributed by atoms with van der Waals surface area (Å²) >= 11 is 4.17. The monoisotopic (exact) mass is 187 g/mol. The molecule has 0 saturated heterocycles. The number of rotatable bonds is 4. The Morgan fingerprint density at radius 1 is 1.67 bits per heavy atom. The number of thiol groups is 1. The molecule has 0 aliphatic rings. The Hall–Kier alpha value is -0.440. The third kappa shape index (κ3) is 2.89. The van der Waals surface area contributed by atoms with Gasteiger partial charge in [-0.25, -0.2) is 0 Å². The normalized spacial score (nSPS) is 16.0. The molecule has 0 aliphatic heterocycles. The van der Waals surface area contributed by atoms with Crippen LogP contribution >= 0.6 is 12.6 Å². The van der Waals surface area contributed by atoms with Crippen molar-refractivity contribution in [3.8, 4) is 0 Å². The molecule has 0 radical (unpaired) electrons. The molecule has 0 rings (SSSR count). The number of amides is 1. The van der Waals surface area contributed by atoms with E-state index in [0.717, 1.165) is 6.42 Å². The van der Waals surface area contributed by atoms with E-state index in [1.54, 1.807) is 7.05 Å². The van der Waals surface area contributed by atoms with E-state index >= 15 is 0 Å². The molecule has 70 valence electrons. The fourth-order valence-corrected chi connectivity index (χ4v) is 1.18. The summed E-state index contributed by atoms with van der Waals surface area (Å²) in [4.78, 5) is 11.4. The van der Waals surface area contributed by atoms with Crippen molar-refractivity contribution in [2.45, 2.75) is 20.3 Å². The van der Waals surface area contributed by atoms with E-state index in [9.17, 15) is 4.79 Å². The van der Waals surface area contributed by atoms with Crippen LogP contribution in [0.4, 0.5) is 0 Å². The molecule has 0 aromatic carbocycles. The van der Waals surface area contributed by atoms with Gasteiger partial charge in [-0.15, -0.1) is 0 Å². The number of carbonyl (C=O) groups excluding carboxylic acids is 1. The van der Waals surface area contributed by atoms with Gasteiger partial charge in [-0.3, -0.25) is 4.79 Å². The first-order chi connectivity index (χ1) is 5.60. The summed E-state index contributed by atoms with van der Waals surface area (Å²) in [6.45, 7) is 3.86. The smallest absolute Gasteiger partial charge is 0.226 e. The Labute approximate surface area is 79.8 Å². The molecule has 3 heteroatoms. The minimum atomic E-state index is -0.371. The van der Waals surface area contributed by atoms with Gasteiger partial charge in [0.15, 0.2) is 0 Å². The van der Waals surface area contributed by atoms with E-state index in [-0.39, 0.29) is 11.3 Å².